The molecule has 1 N–H and O–H groups in total. The van der Waals surface area contributed by atoms with Gasteiger partial charge in [0.25, 0.3) is 0 Å². The minimum Gasteiger partial charge on any atom is -0.340 e. The Kier molecular flexibility index (Phi) is 3.93. The Morgan fingerprint density at radius 3 is 2.50 bits per heavy atom. The van der Waals surface area contributed by atoms with Gasteiger partial charge in [-0.2, -0.15) is 9.61 Å². The van der Waals surface area contributed by atoms with Gasteiger partial charge in [-0.05, 0) is 41.6 Å². The van der Waals surface area contributed by atoms with Gasteiger partial charge < -0.3 is 5.32 Å². The first-order valence-electron chi connectivity index (χ1n) is 7.64. The van der Waals surface area contributed by atoms with E-state index in [0.717, 1.165) is 32.0 Å². The molecule has 2 aromatic carbocycles. The van der Waals surface area contributed by atoms with Crippen LogP contribution in [0.4, 0.5) is 11.5 Å². The molecule has 0 fully saturated rings. The van der Waals surface area contributed by atoms with Gasteiger partial charge in [-0.1, -0.05) is 48.0 Å². The van der Waals surface area contributed by atoms with Crippen LogP contribution in [0.3, 0.4) is 0 Å². The molecule has 5 heteroatoms. The van der Waals surface area contributed by atoms with Gasteiger partial charge in [0.1, 0.15) is 5.82 Å². The van der Waals surface area contributed by atoms with Gasteiger partial charge in [0, 0.05) is 17.3 Å². The van der Waals surface area contributed by atoms with Gasteiger partial charge in [0.2, 0.25) is 0 Å². The zero-order valence-corrected chi connectivity index (χ0v) is 15.2. The van der Waals surface area contributed by atoms with Gasteiger partial charge in [0.15, 0.2) is 5.65 Å². The van der Waals surface area contributed by atoms with Gasteiger partial charge in [0.05, 0.1) is 15.5 Å². The fraction of sp³-hybridized carbons (Fsp3) is 0.0526. The second-order valence-corrected chi connectivity index (χ2v) is 6.77. The van der Waals surface area contributed by atoms with Crippen molar-refractivity contribution in [3.63, 3.8) is 0 Å². The van der Waals surface area contributed by atoms with Crippen LogP contribution in [0.1, 0.15) is 5.56 Å². The van der Waals surface area contributed by atoms with Crippen molar-refractivity contribution in [2.45, 2.75) is 6.92 Å². The summed E-state index contributed by atoms with van der Waals surface area (Å²) in [6.07, 6.45) is 1.83. The summed E-state index contributed by atoms with van der Waals surface area (Å²) in [5.74, 6) is 0.894. The van der Waals surface area contributed by atoms with Crippen molar-refractivity contribution < 1.29 is 0 Å². The molecular weight excluding hydrogens is 411 g/mol. The third kappa shape index (κ3) is 2.87. The number of anilines is 2. The second kappa shape index (κ2) is 6.24. The minimum absolute atomic E-state index is 0.853. The lowest BCUT2D eigenvalue weighted by atomic mass is 10.1. The van der Waals surface area contributed by atoms with Crippen molar-refractivity contribution in [1.82, 2.24) is 14.6 Å². The molecule has 0 atom stereocenters. The number of aryl methyl sites for hydroxylation is 1. The largest absolute Gasteiger partial charge is 0.340 e. The predicted molar refractivity (Wildman–Crippen MR) is 106 cm³/mol. The average molecular weight is 426 g/mol. The Morgan fingerprint density at radius 1 is 1.00 bits per heavy atom. The number of benzene rings is 2. The van der Waals surface area contributed by atoms with E-state index in [9.17, 15) is 0 Å². The monoisotopic (exact) mass is 426 g/mol. The molecule has 2 heterocycles. The molecule has 0 saturated carbocycles. The number of nitrogens with zero attached hydrogens (tertiary/aromatic N) is 3. The van der Waals surface area contributed by atoms with E-state index in [1.54, 1.807) is 0 Å². The summed E-state index contributed by atoms with van der Waals surface area (Å²) in [6, 6.07) is 20.5. The van der Waals surface area contributed by atoms with E-state index in [2.05, 4.69) is 76.3 Å². The van der Waals surface area contributed by atoms with Crippen LogP contribution in [0, 0.1) is 10.5 Å². The maximum Gasteiger partial charge on any atom is 0.171 e. The Morgan fingerprint density at radius 2 is 1.75 bits per heavy atom. The molecule has 0 aliphatic heterocycles. The van der Waals surface area contributed by atoms with Crippen molar-refractivity contribution in [3.05, 3.63) is 76.0 Å². The quantitative estimate of drug-likeness (QED) is 0.466. The summed E-state index contributed by atoms with van der Waals surface area (Å²) in [4.78, 5) is 4.77. The number of aromatic nitrogens is 3. The van der Waals surface area contributed by atoms with E-state index in [-0.39, 0.29) is 0 Å². The minimum atomic E-state index is 0.853. The zero-order chi connectivity index (χ0) is 16.5. The average Bonchev–Trinajstić information content (AvgIpc) is 2.99. The molecular formula is C19H15IN4. The van der Waals surface area contributed by atoms with Crippen molar-refractivity contribution in [2.75, 3.05) is 5.32 Å². The molecule has 0 radical (unpaired) electrons. The second-order valence-electron chi connectivity index (χ2n) is 5.61. The Hall–Kier alpha value is -2.41. The third-order valence-electron chi connectivity index (χ3n) is 3.82. The first-order chi connectivity index (χ1) is 11.7. The standard InChI is InChI=1S/C19H15IN4/c1-13-7-9-15(10-8-13)22-18-11-17(14-5-3-2-4-6-14)23-19-16(20)12-21-24(18)19/h2-12,22H,1H3. The summed E-state index contributed by atoms with van der Waals surface area (Å²) >= 11 is 2.27. The van der Waals surface area contributed by atoms with Crippen molar-refractivity contribution in [3.8, 4) is 11.3 Å². The number of halogens is 1. The van der Waals surface area contributed by atoms with Gasteiger partial charge in [-0.15, -0.1) is 0 Å². The van der Waals surface area contributed by atoms with E-state index < -0.39 is 0 Å². The number of fused-ring (bicyclic) bond motifs is 1. The Balaban J connectivity index is 1.85. The van der Waals surface area contributed by atoms with Crippen LogP contribution in [0.15, 0.2) is 66.9 Å². The first kappa shape index (κ1) is 15.1. The van der Waals surface area contributed by atoms with Crippen LogP contribution in [-0.2, 0) is 0 Å². The maximum atomic E-state index is 4.77. The van der Waals surface area contributed by atoms with Crippen LogP contribution in [0.5, 0.6) is 0 Å². The van der Waals surface area contributed by atoms with Crippen LogP contribution in [0.2, 0.25) is 0 Å². The fourth-order valence-corrected chi connectivity index (χ4v) is 3.04. The molecule has 0 amide bonds. The predicted octanol–water partition coefficient (Wildman–Crippen LogP) is 5.05. The SMILES string of the molecule is Cc1ccc(Nc2cc(-c3ccccc3)nc3c(I)cnn23)cc1. The Bertz CT molecular complexity index is 991. The summed E-state index contributed by atoms with van der Waals surface area (Å²) < 4.78 is 2.87. The van der Waals surface area contributed by atoms with Crippen LogP contribution in [-0.4, -0.2) is 14.6 Å². The van der Waals surface area contributed by atoms with E-state index in [4.69, 9.17) is 4.98 Å². The lowest BCUT2D eigenvalue weighted by molar-refractivity contribution is 0.949. The molecule has 4 aromatic rings. The number of nitrogens with one attached hydrogen (secondary N) is 1. The maximum absolute atomic E-state index is 4.77. The molecule has 0 unspecified atom stereocenters. The molecule has 0 bridgehead atoms. The van der Waals surface area contributed by atoms with Crippen LogP contribution >= 0.6 is 22.6 Å². The van der Waals surface area contributed by atoms with E-state index in [0.29, 0.717) is 0 Å². The topological polar surface area (TPSA) is 42.2 Å². The van der Waals surface area contributed by atoms with E-state index in [1.165, 1.54) is 5.56 Å². The van der Waals surface area contributed by atoms with Gasteiger partial charge in [-0.3, -0.25) is 0 Å². The summed E-state index contributed by atoms with van der Waals surface area (Å²) in [6.45, 7) is 2.08. The van der Waals surface area contributed by atoms with Crippen LogP contribution < -0.4 is 5.32 Å². The highest BCUT2D eigenvalue weighted by molar-refractivity contribution is 14.1. The molecule has 0 saturated heterocycles. The van der Waals surface area contributed by atoms with Crippen LogP contribution in [0.25, 0.3) is 16.9 Å². The molecule has 0 spiro atoms. The van der Waals surface area contributed by atoms with Crippen molar-refractivity contribution >= 4 is 39.7 Å². The smallest absolute Gasteiger partial charge is 0.171 e. The molecule has 0 aliphatic rings. The number of hydrogen-bond acceptors (Lipinski definition) is 3. The number of hydrogen-bond donors (Lipinski definition) is 1. The first-order valence-corrected chi connectivity index (χ1v) is 8.72. The Labute approximate surface area is 153 Å². The highest BCUT2D eigenvalue weighted by atomic mass is 127. The summed E-state index contributed by atoms with van der Waals surface area (Å²) in [5, 5.41) is 7.91. The number of rotatable bonds is 3. The van der Waals surface area contributed by atoms with E-state index >= 15 is 0 Å². The van der Waals surface area contributed by atoms with Gasteiger partial charge >= 0.3 is 0 Å². The lowest BCUT2D eigenvalue weighted by Crippen LogP contribution is -2.02. The normalized spacial score (nSPS) is 10.9. The molecule has 24 heavy (non-hydrogen) atoms. The highest BCUT2D eigenvalue weighted by Crippen LogP contribution is 2.26. The van der Waals surface area contributed by atoms with Gasteiger partial charge in [-0.25, -0.2) is 4.98 Å². The third-order valence-corrected chi connectivity index (χ3v) is 4.58. The molecule has 4 nitrogen and oxygen atoms in total. The molecule has 0 aliphatic carbocycles. The summed E-state index contributed by atoms with van der Waals surface area (Å²) in [5.41, 5.74) is 5.13. The lowest BCUT2D eigenvalue weighted by Gasteiger charge is -2.11. The molecule has 118 valence electrons. The molecule has 2 aromatic heterocycles. The molecule has 4 rings (SSSR count). The zero-order valence-electron chi connectivity index (χ0n) is 13.1. The fourth-order valence-electron chi connectivity index (χ4n) is 2.57. The van der Waals surface area contributed by atoms with Crippen molar-refractivity contribution in [1.29, 1.82) is 0 Å². The summed E-state index contributed by atoms with van der Waals surface area (Å²) in [7, 11) is 0. The van der Waals surface area contributed by atoms with E-state index in [1.807, 2.05) is 35.0 Å². The highest BCUT2D eigenvalue weighted by Gasteiger charge is 2.11. The van der Waals surface area contributed by atoms with Crippen molar-refractivity contribution in [2.24, 2.45) is 0 Å².